The van der Waals surface area contributed by atoms with Gasteiger partial charge in [-0.2, -0.15) is 0 Å². The highest BCUT2D eigenvalue weighted by Crippen LogP contribution is 2.16. The van der Waals surface area contributed by atoms with Crippen molar-refractivity contribution in [2.45, 2.75) is 32.2 Å². The minimum absolute atomic E-state index is 0.146. The van der Waals surface area contributed by atoms with Gasteiger partial charge in [0.15, 0.2) is 0 Å². The van der Waals surface area contributed by atoms with Crippen LogP contribution in [0.4, 0.5) is 5.69 Å². The van der Waals surface area contributed by atoms with E-state index in [1.165, 1.54) is 0 Å². The van der Waals surface area contributed by atoms with Crippen LogP contribution in [0.25, 0.3) is 0 Å². The predicted molar refractivity (Wildman–Crippen MR) is 143 cm³/mol. The number of benzene rings is 3. The molecule has 0 saturated carbocycles. The molecule has 8 nitrogen and oxygen atoms in total. The monoisotopic (exact) mass is 503 g/mol. The van der Waals surface area contributed by atoms with Crippen LogP contribution in [0.15, 0.2) is 78.9 Å². The fourth-order valence-corrected chi connectivity index (χ4v) is 3.65. The second kappa shape index (κ2) is 14.3. The number of carbonyl (C=O) groups is 3. The Labute approximate surface area is 217 Å². The van der Waals surface area contributed by atoms with E-state index >= 15 is 0 Å². The Bertz CT molecular complexity index is 1150. The molecule has 0 saturated heterocycles. The van der Waals surface area contributed by atoms with Crippen LogP contribution in [0.3, 0.4) is 0 Å². The molecule has 0 spiro atoms. The Hall–Kier alpha value is -4.33. The van der Waals surface area contributed by atoms with Gasteiger partial charge in [-0.3, -0.25) is 14.4 Å². The van der Waals surface area contributed by atoms with Crippen molar-refractivity contribution in [3.8, 4) is 11.5 Å². The molecule has 0 heterocycles. The topological polar surface area (TPSA) is 106 Å². The summed E-state index contributed by atoms with van der Waals surface area (Å²) in [5.41, 5.74) is 2.03. The highest BCUT2D eigenvalue weighted by molar-refractivity contribution is 5.97. The lowest BCUT2D eigenvalue weighted by Crippen LogP contribution is -2.48. The summed E-state index contributed by atoms with van der Waals surface area (Å²) in [6.07, 6.45) is 1.04. The van der Waals surface area contributed by atoms with Crippen molar-refractivity contribution >= 4 is 23.4 Å². The minimum atomic E-state index is -0.769. The molecular weight excluding hydrogens is 470 g/mol. The van der Waals surface area contributed by atoms with E-state index in [-0.39, 0.29) is 24.1 Å². The first kappa shape index (κ1) is 27.3. The molecule has 3 aromatic carbocycles. The van der Waals surface area contributed by atoms with Crippen LogP contribution in [0.5, 0.6) is 11.5 Å². The highest BCUT2D eigenvalue weighted by Gasteiger charge is 2.22. The number of hydrogen-bond acceptors (Lipinski definition) is 5. The van der Waals surface area contributed by atoms with Crippen LogP contribution >= 0.6 is 0 Å². The molecular formula is C29H33N3O5. The third-order valence-electron chi connectivity index (χ3n) is 5.59. The van der Waals surface area contributed by atoms with E-state index in [2.05, 4.69) is 16.0 Å². The van der Waals surface area contributed by atoms with E-state index in [9.17, 15) is 14.4 Å². The molecule has 3 N–H and O–H groups in total. The molecule has 3 amide bonds. The first-order valence-corrected chi connectivity index (χ1v) is 12.3. The van der Waals surface area contributed by atoms with Crippen molar-refractivity contribution in [1.82, 2.24) is 10.6 Å². The van der Waals surface area contributed by atoms with Crippen LogP contribution in [0.1, 0.15) is 35.7 Å². The van der Waals surface area contributed by atoms with Gasteiger partial charge in [0.25, 0.3) is 5.91 Å². The maximum atomic E-state index is 13.0. The summed E-state index contributed by atoms with van der Waals surface area (Å²) in [7, 11) is 1.55. The molecule has 1 unspecified atom stereocenters. The Morgan fingerprint density at radius 2 is 1.54 bits per heavy atom. The molecule has 3 aromatic rings. The molecule has 37 heavy (non-hydrogen) atoms. The molecule has 0 aliphatic rings. The van der Waals surface area contributed by atoms with Gasteiger partial charge in [0.1, 0.15) is 17.5 Å². The lowest BCUT2D eigenvalue weighted by molar-refractivity contribution is -0.123. The van der Waals surface area contributed by atoms with Gasteiger partial charge in [0.05, 0.1) is 13.7 Å². The van der Waals surface area contributed by atoms with E-state index in [0.29, 0.717) is 43.0 Å². The minimum Gasteiger partial charge on any atom is -0.497 e. The number of hydrogen-bond donors (Lipinski definition) is 3. The van der Waals surface area contributed by atoms with Crippen LogP contribution in [-0.2, 0) is 16.0 Å². The molecule has 0 fully saturated rings. The molecule has 194 valence electrons. The van der Waals surface area contributed by atoms with Crippen molar-refractivity contribution in [3.63, 3.8) is 0 Å². The smallest absolute Gasteiger partial charge is 0.251 e. The zero-order chi connectivity index (χ0) is 26.5. The largest absolute Gasteiger partial charge is 0.497 e. The Morgan fingerprint density at radius 3 is 2.19 bits per heavy atom. The van der Waals surface area contributed by atoms with E-state index < -0.39 is 6.04 Å². The number of ether oxygens (including phenoxy) is 2. The molecule has 0 aliphatic carbocycles. The summed E-state index contributed by atoms with van der Waals surface area (Å²) in [6, 6.07) is 22.6. The van der Waals surface area contributed by atoms with Crippen LogP contribution in [0.2, 0.25) is 0 Å². The molecule has 0 aromatic heterocycles. The summed E-state index contributed by atoms with van der Waals surface area (Å²) in [6.45, 7) is 2.79. The molecule has 0 bridgehead atoms. The Balaban J connectivity index is 1.51. The lowest BCUT2D eigenvalue weighted by atomic mass is 10.0. The van der Waals surface area contributed by atoms with E-state index in [1.54, 1.807) is 55.6 Å². The zero-order valence-corrected chi connectivity index (χ0v) is 21.2. The fourth-order valence-electron chi connectivity index (χ4n) is 3.65. The average molecular weight is 504 g/mol. The summed E-state index contributed by atoms with van der Waals surface area (Å²) >= 11 is 0. The van der Waals surface area contributed by atoms with Gasteiger partial charge < -0.3 is 25.4 Å². The van der Waals surface area contributed by atoms with Gasteiger partial charge in [0.2, 0.25) is 11.8 Å². The molecule has 0 aliphatic heterocycles. The number of carbonyl (C=O) groups excluding carboxylic acids is 3. The van der Waals surface area contributed by atoms with Gasteiger partial charge >= 0.3 is 0 Å². The van der Waals surface area contributed by atoms with Crippen LogP contribution < -0.4 is 25.4 Å². The van der Waals surface area contributed by atoms with Crippen molar-refractivity contribution in [2.75, 3.05) is 25.6 Å². The van der Waals surface area contributed by atoms with Gasteiger partial charge in [-0.05, 0) is 67.4 Å². The van der Waals surface area contributed by atoms with E-state index in [1.807, 2.05) is 37.3 Å². The molecule has 0 radical (unpaired) electrons. The number of methoxy groups -OCH3 is 1. The second-order valence-corrected chi connectivity index (χ2v) is 8.34. The fraction of sp³-hybridized carbons (Fsp3) is 0.276. The van der Waals surface area contributed by atoms with Gasteiger partial charge in [0, 0.05) is 30.6 Å². The van der Waals surface area contributed by atoms with Crippen molar-refractivity contribution in [3.05, 3.63) is 90.0 Å². The van der Waals surface area contributed by atoms with Gasteiger partial charge in [-0.15, -0.1) is 0 Å². The normalized spacial score (nSPS) is 11.2. The first-order valence-electron chi connectivity index (χ1n) is 12.3. The molecule has 3 rings (SSSR count). The summed E-state index contributed by atoms with van der Waals surface area (Å²) in [4.78, 5) is 38.1. The van der Waals surface area contributed by atoms with Crippen molar-refractivity contribution in [1.29, 1.82) is 0 Å². The number of anilines is 1. The number of amides is 3. The van der Waals surface area contributed by atoms with Gasteiger partial charge in [-0.25, -0.2) is 0 Å². The number of nitrogens with one attached hydrogen (secondary N) is 3. The SMILES string of the molecule is CCOc1ccc(NC(=O)CCCNC(=O)C(Cc2ccccc2)NC(=O)c2ccc(OC)cc2)cc1. The maximum Gasteiger partial charge on any atom is 0.251 e. The highest BCUT2D eigenvalue weighted by atomic mass is 16.5. The summed E-state index contributed by atoms with van der Waals surface area (Å²) in [5, 5.41) is 8.52. The van der Waals surface area contributed by atoms with Gasteiger partial charge in [-0.1, -0.05) is 30.3 Å². The zero-order valence-electron chi connectivity index (χ0n) is 21.2. The van der Waals surface area contributed by atoms with E-state index in [0.717, 1.165) is 11.3 Å². The third-order valence-corrected chi connectivity index (χ3v) is 5.59. The second-order valence-electron chi connectivity index (χ2n) is 8.34. The standard InChI is InChI=1S/C29H33N3O5/c1-3-37-25-17-13-23(14-18-25)31-27(33)10-7-19-30-29(35)26(20-21-8-5-4-6-9-21)32-28(34)22-11-15-24(36-2)16-12-22/h4-6,8-9,11-18,26H,3,7,10,19-20H2,1-2H3,(H,30,35)(H,31,33)(H,32,34). The third kappa shape index (κ3) is 9.00. The van der Waals surface area contributed by atoms with Crippen molar-refractivity contribution in [2.24, 2.45) is 0 Å². The Morgan fingerprint density at radius 1 is 0.865 bits per heavy atom. The molecule has 1 atom stereocenters. The predicted octanol–water partition coefficient (Wildman–Crippen LogP) is 3.97. The van der Waals surface area contributed by atoms with Crippen molar-refractivity contribution < 1.29 is 23.9 Å². The molecule has 8 heteroatoms. The summed E-state index contributed by atoms with van der Waals surface area (Å²) in [5.74, 6) is 0.576. The van der Waals surface area contributed by atoms with Crippen LogP contribution in [-0.4, -0.2) is 44.0 Å². The number of rotatable bonds is 13. The average Bonchev–Trinajstić information content (AvgIpc) is 2.92. The Kier molecular flexibility index (Phi) is 10.5. The summed E-state index contributed by atoms with van der Waals surface area (Å²) < 4.78 is 10.5. The maximum absolute atomic E-state index is 13.0. The lowest BCUT2D eigenvalue weighted by Gasteiger charge is -2.19. The van der Waals surface area contributed by atoms with E-state index in [4.69, 9.17) is 9.47 Å². The van der Waals surface area contributed by atoms with Crippen LogP contribution in [0, 0.1) is 0 Å². The quantitative estimate of drug-likeness (QED) is 0.306. The first-order chi connectivity index (χ1) is 18.0.